The first-order chi connectivity index (χ1) is 11.5. The van der Waals surface area contributed by atoms with E-state index in [9.17, 15) is 14.4 Å². The summed E-state index contributed by atoms with van der Waals surface area (Å²) < 4.78 is 4.65. The molecule has 0 aliphatic heterocycles. The number of carbonyl (C=O) groups excluding carboxylic acids is 3. The van der Waals surface area contributed by atoms with Crippen LogP contribution in [0.4, 0.5) is 10.5 Å². The largest absolute Gasteiger partial charge is 0.450 e. The molecule has 3 amide bonds. The highest BCUT2D eigenvalue weighted by atomic mass is 32.2. The van der Waals surface area contributed by atoms with Gasteiger partial charge in [0.2, 0.25) is 0 Å². The van der Waals surface area contributed by atoms with E-state index in [1.807, 2.05) is 37.4 Å². The summed E-state index contributed by atoms with van der Waals surface area (Å²) in [5, 5.41) is 4.95. The lowest BCUT2D eigenvalue weighted by Gasteiger charge is -2.16. The predicted octanol–water partition coefficient (Wildman–Crippen LogP) is 0.525. The number of quaternary nitrogens is 1. The average molecular weight is 354 g/mol. The Kier molecular flexibility index (Phi) is 8.88. The second kappa shape index (κ2) is 10.7. The van der Waals surface area contributed by atoms with Crippen LogP contribution in [-0.2, 0) is 14.3 Å². The van der Waals surface area contributed by atoms with E-state index in [1.165, 1.54) is 0 Å². The molecule has 0 fully saturated rings. The van der Waals surface area contributed by atoms with E-state index in [2.05, 4.69) is 15.4 Å². The first-order valence-electron chi connectivity index (χ1n) is 7.72. The maximum atomic E-state index is 12.1. The fraction of sp³-hybridized carbons (Fsp3) is 0.438. The van der Waals surface area contributed by atoms with Crippen LogP contribution in [0.3, 0.4) is 0 Å². The van der Waals surface area contributed by atoms with Crippen LogP contribution in [0.15, 0.2) is 29.2 Å². The molecule has 7 nitrogen and oxygen atoms in total. The number of hydrogen-bond acceptors (Lipinski definition) is 5. The van der Waals surface area contributed by atoms with Crippen molar-refractivity contribution in [1.29, 1.82) is 0 Å². The van der Waals surface area contributed by atoms with Crippen LogP contribution in [-0.4, -0.2) is 50.4 Å². The lowest BCUT2D eigenvalue weighted by Crippen LogP contribution is -3.14. The molecule has 8 heteroatoms. The standard InChI is InChI=1S/C16H23N3O4S/c1-4-19(11-15(21)18-16(22)23-5-2)10-14(20)17-12-7-6-8-13(9-12)24-3/h6-9H,4-5,10-11H2,1-3H3,(H,17,20)(H,18,21,22)/p+1. The Morgan fingerprint density at radius 1 is 1.17 bits per heavy atom. The van der Waals surface area contributed by atoms with Crippen LogP contribution in [0.25, 0.3) is 0 Å². The number of amides is 3. The minimum atomic E-state index is -0.767. The molecule has 0 aliphatic rings. The van der Waals surface area contributed by atoms with Crippen LogP contribution in [0.5, 0.6) is 0 Å². The molecule has 0 aromatic heterocycles. The second-order valence-corrected chi connectivity index (χ2v) is 5.89. The number of imide groups is 1. The van der Waals surface area contributed by atoms with Crippen molar-refractivity contribution >= 4 is 35.4 Å². The number of thioether (sulfide) groups is 1. The molecule has 1 aromatic rings. The molecule has 0 saturated heterocycles. The van der Waals surface area contributed by atoms with E-state index in [0.717, 1.165) is 15.5 Å². The topological polar surface area (TPSA) is 88.9 Å². The normalized spacial score (nSPS) is 11.5. The van der Waals surface area contributed by atoms with Crippen molar-refractivity contribution in [3.05, 3.63) is 24.3 Å². The summed E-state index contributed by atoms with van der Waals surface area (Å²) in [7, 11) is 0. The zero-order chi connectivity index (χ0) is 17.9. The van der Waals surface area contributed by atoms with E-state index in [1.54, 1.807) is 18.7 Å². The number of hydrogen-bond donors (Lipinski definition) is 3. The van der Waals surface area contributed by atoms with E-state index in [-0.39, 0.29) is 25.6 Å². The molecule has 1 rings (SSSR count). The monoisotopic (exact) mass is 354 g/mol. The Bertz CT molecular complexity index is 580. The van der Waals surface area contributed by atoms with Gasteiger partial charge >= 0.3 is 6.09 Å². The summed E-state index contributed by atoms with van der Waals surface area (Å²) in [6, 6.07) is 7.54. The van der Waals surface area contributed by atoms with Gasteiger partial charge in [-0.15, -0.1) is 11.8 Å². The molecule has 1 atom stereocenters. The van der Waals surface area contributed by atoms with E-state index >= 15 is 0 Å². The zero-order valence-electron chi connectivity index (χ0n) is 14.2. The van der Waals surface area contributed by atoms with Crippen molar-refractivity contribution in [3.8, 4) is 0 Å². The molecule has 3 N–H and O–H groups in total. The smallest absolute Gasteiger partial charge is 0.414 e. The van der Waals surface area contributed by atoms with Crippen LogP contribution in [0.1, 0.15) is 13.8 Å². The van der Waals surface area contributed by atoms with Crippen LogP contribution >= 0.6 is 11.8 Å². The molecular weight excluding hydrogens is 330 g/mol. The van der Waals surface area contributed by atoms with Gasteiger partial charge in [0.05, 0.1) is 13.2 Å². The van der Waals surface area contributed by atoms with Gasteiger partial charge in [0.25, 0.3) is 11.8 Å². The Morgan fingerprint density at radius 3 is 2.50 bits per heavy atom. The van der Waals surface area contributed by atoms with Crippen LogP contribution < -0.4 is 15.5 Å². The number of ether oxygens (including phenoxy) is 1. The van der Waals surface area contributed by atoms with Gasteiger partial charge in [0, 0.05) is 10.6 Å². The third-order valence-electron chi connectivity index (χ3n) is 3.19. The molecule has 132 valence electrons. The Balaban J connectivity index is 2.50. The highest BCUT2D eigenvalue weighted by Crippen LogP contribution is 2.18. The minimum Gasteiger partial charge on any atom is -0.450 e. The lowest BCUT2D eigenvalue weighted by molar-refractivity contribution is -0.881. The zero-order valence-corrected chi connectivity index (χ0v) is 15.0. The number of carbonyl (C=O) groups is 3. The SMILES string of the molecule is CCOC(=O)NC(=O)C[NH+](CC)CC(=O)Nc1cccc(SC)c1. The number of likely N-dealkylation sites (N-methyl/N-ethyl adjacent to an activating group) is 1. The minimum absolute atomic E-state index is 0.0214. The quantitative estimate of drug-likeness (QED) is 0.593. The van der Waals surface area contributed by atoms with Gasteiger partial charge in [-0.3, -0.25) is 14.9 Å². The van der Waals surface area contributed by atoms with E-state index in [0.29, 0.717) is 6.54 Å². The highest BCUT2D eigenvalue weighted by molar-refractivity contribution is 7.98. The summed E-state index contributed by atoms with van der Waals surface area (Å²) in [6.07, 6.45) is 1.20. The molecule has 0 radical (unpaired) electrons. The summed E-state index contributed by atoms with van der Waals surface area (Å²) in [5.74, 6) is -0.656. The number of alkyl carbamates (subject to hydrolysis) is 1. The van der Waals surface area contributed by atoms with Crippen molar-refractivity contribution in [2.75, 3.05) is 37.8 Å². The van der Waals surface area contributed by atoms with Gasteiger partial charge in [0.1, 0.15) is 0 Å². The number of rotatable bonds is 8. The molecular formula is C16H24N3O4S+. The van der Waals surface area contributed by atoms with Gasteiger partial charge in [-0.2, -0.15) is 0 Å². The molecule has 0 aliphatic carbocycles. The van der Waals surface area contributed by atoms with Crippen molar-refractivity contribution in [2.45, 2.75) is 18.7 Å². The summed E-state index contributed by atoms with van der Waals surface area (Å²) in [6.45, 7) is 4.46. The molecule has 0 saturated carbocycles. The van der Waals surface area contributed by atoms with Gasteiger partial charge < -0.3 is 15.0 Å². The molecule has 0 heterocycles. The average Bonchev–Trinajstić information content (AvgIpc) is 2.54. The van der Waals surface area contributed by atoms with Crippen LogP contribution in [0, 0.1) is 0 Å². The maximum absolute atomic E-state index is 12.1. The van der Waals surface area contributed by atoms with Crippen molar-refractivity contribution < 1.29 is 24.0 Å². The van der Waals surface area contributed by atoms with Gasteiger partial charge in [-0.05, 0) is 38.3 Å². The molecule has 24 heavy (non-hydrogen) atoms. The number of nitrogens with one attached hydrogen (secondary N) is 3. The second-order valence-electron chi connectivity index (χ2n) is 5.01. The van der Waals surface area contributed by atoms with E-state index < -0.39 is 12.0 Å². The fourth-order valence-electron chi connectivity index (χ4n) is 2.00. The summed E-state index contributed by atoms with van der Waals surface area (Å²) in [5.41, 5.74) is 0.721. The lowest BCUT2D eigenvalue weighted by atomic mass is 10.3. The number of benzene rings is 1. The predicted molar refractivity (Wildman–Crippen MR) is 93.3 cm³/mol. The van der Waals surface area contributed by atoms with Gasteiger partial charge in [-0.1, -0.05) is 6.07 Å². The molecule has 1 aromatic carbocycles. The van der Waals surface area contributed by atoms with Gasteiger partial charge in [-0.25, -0.2) is 4.79 Å². The Labute approximate surface area is 146 Å². The third kappa shape index (κ3) is 7.47. The molecule has 0 bridgehead atoms. The maximum Gasteiger partial charge on any atom is 0.414 e. The van der Waals surface area contributed by atoms with Gasteiger partial charge in [0.15, 0.2) is 13.1 Å². The summed E-state index contributed by atoms with van der Waals surface area (Å²) >= 11 is 1.59. The Morgan fingerprint density at radius 2 is 1.88 bits per heavy atom. The highest BCUT2D eigenvalue weighted by Gasteiger charge is 2.18. The van der Waals surface area contributed by atoms with Crippen molar-refractivity contribution in [2.24, 2.45) is 0 Å². The first-order valence-corrected chi connectivity index (χ1v) is 8.95. The van der Waals surface area contributed by atoms with Crippen molar-refractivity contribution in [3.63, 3.8) is 0 Å². The molecule has 1 unspecified atom stereocenters. The summed E-state index contributed by atoms with van der Waals surface area (Å²) in [4.78, 5) is 36.9. The molecule has 0 spiro atoms. The Hall–Kier alpha value is -2.06. The van der Waals surface area contributed by atoms with E-state index in [4.69, 9.17) is 0 Å². The number of anilines is 1. The van der Waals surface area contributed by atoms with Crippen LogP contribution in [0.2, 0.25) is 0 Å². The van der Waals surface area contributed by atoms with Crippen molar-refractivity contribution in [1.82, 2.24) is 5.32 Å². The first kappa shape index (κ1) is 20.0. The fourth-order valence-corrected chi connectivity index (χ4v) is 2.46. The third-order valence-corrected chi connectivity index (χ3v) is 3.92.